The summed E-state index contributed by atoms with van der Waals surface area (Å²) in [7, 11) is 0. The van der Waals surface area contributed by atoms with E-state index in [0.29, 0.717) is 24.5 Å². The Morgan fingerprint density at radius 2 is 2.24 bits per heavy atom. The molecule has 0 bridgehead atoms. The van der Waals surface area contributed by atoms with Crippen molar-refractivity contribution in [3.63, 3.8) is 0 Å². The molecule has 0 radical (unpaired) electrons. The van der Waals surface area contributed by atoms with Gasteiger partial charge in [0.15, 0.2) is 5.82 Å². The van der Waals surface area contributed by atoms with Crippen molar-refractivity contribution in [2.75, 3.05) is 18.5 Å². The van der Waals surface area contributed by atoms with Crippen molar-refractivity contribution in [3.05, 3.63) is 41.8 Å². The molecule has 0 unspecified atom stereocenters. The number of halogens is 1. The number of aromatic nitrogens is 2. The molecule has 2 aromatic rings. The first-order valence-corrected chi connectivity index (χ1v) is 6.58. The van der Waals surface area contributed by atoms with E-state index < -0.39 is 6.03 Å². The van der Waals surface area contributed by atoms with E-state index in [1.807, 2.05) is 6.92 Å². The SMILES string of the molecule is Cc1cc(NC(=O)NCCCO)nn1-c1cccc(F)c1. The summed E-state index contributed by atoms with van der Waals surface area (Å²) in [5.74, 6) is 0.0249. The number of aryl methyl sites for hydroxylation is 1. The molecule has 0 fully saturated rings. The summed E-state index contributed by atoms with van der Waals surface area (Å²) in [6.07, 6.45) is 0.490. The molecular weight excluding hydrogens is 275 g/mol. The zero-order valence-corrected chi connectivity index (χ0v) is 11.6. The van der Waals surface area contributed by atoms with Crippen LogP contribution in [-0.2, 0) is 0 Å². The van der Waals surface area contributed by atoms with Gasteiger partial charge in [-0.15, -0.1) is 5.10 Å². The molecule has 0 aliphatic rings. The first-order valence-electron chi connectivity index (χ1n) is 6.58. The number of nitrogens with one attached hydrogen (secondary N) is 2. The minimum absolute atomic E-state index is 0.0214. The minimum Gasteiger partial charge on any atom is -0.396 e. The lowest BCUT2D eigenvalue weighted by Gasteiger charge is -2.05. The quantitative estimate of drug-likeness (QED) is 0.736. The summed E-state index contributed by atoms with van der Waals surface area (Å²) in [4.78, 5) is 11.6. The lowest BCUT2D eigenvalue weighted by Crippen LogP contribution is -2.30. The number of hydrogen-bond acceptors (Lipinski definition) is 3. The second-order valence-electron chi connectivity index (χ2n) is 4.52. The highest BCUT2D eigenvalue weighted by Gasteiger charge is 2.09. The van der Waals surface area contributed by atoms with Gasteiger partial charge in [-0.05, 0) is 31.5 Å². The molecule has 0 aliphatic heterocycles. The van der Waals surface area contributed by atoms with E-state index in [0.717, 1.165) is 5.69 Å². The summed E-state index contributed by atoms with van der Waals surface area (Å²) in [6.45, 7) is 2.21. The van der Waals surface area contributed by atoms with Crippen molar-refractivity contribution in [2.45, 2.75) is 13.3 Å². The van der Waals surface area contributed by atoms with Crippen LogP contribution in [0.3, 0.4) is 0 Å². The van der Waals surface area contributed by atoms with Gasteiger partial charge in [-0.2, -0.15) is 0 Å². The molecule has 21 heavy (non-hydrogen) atoms. The van der Waals surface area contributed by atoms with E-state index in [1.165, 1.54) is 12.1 Å². The first kappa shape index (κ1) is 15.0. The molecule has 0 spiro atoms. The van der Waals surface area contributed by atoms with Crippen LogP contribution < -0.4 is 10.6 Å². The highest BCUT2D eigenvalue weighted by Crippen LogP contribution is 2.15. The fraction of sp³-hybridized carbons (Fsp3) is 0.286. The predicted octanol–water partition coefficient (Wildman–Crippen LogP) is 1.82. The van der Waals surface area contributed by atoms with Gasteiger partial charge in [0, 0.05) is 24.9 Å². The number of anilines is 1. The zero-order chi connectivity index (χ0) is 15.2. The van der Waals surface area contributed by atoms with Crippen LogP contribution in [0.5, 0.6) is 0 Å². The molecule has 7 heteroatoms. The van der Waals surface area contributed by atoms with Crippen LogP contribution in [0.2, 0.25) is 0 Å². The monoisotopic (exact) mass is 292 g/mol. The predicted molar refractivity (Wildman–Crippen MR) is 77.0 cm³/mol. The molecule has 6 nitrogen and oxygen atoms in total. The van der Waals surface area contributed by atoms with Crippen LogP contribution in [0.1, 0.15) is 12.1 Å². The molecule has 2 rings (SSSR count). The maximum absolute atomic E-state index is 13.2. The number of nitrogens with zero attached hydrogens (tertiary/aromatic N) is 2. The number of urea groups is 1. The van der Waals surface area contributed by atoms with E-state index in [-0.39, 0.29) is 12.4 Å². The molecule has 0 atom stereocenters. The zero-order valence-electron chi connectivity index (χ0n) is 11.6. The van der Waals surface area contributed by atoms with Gasteiger partial charge in [0.2, 0.25) is 0 Å². The van der Waals surface area contributed by atoms with Gasteiger partial charge in [0.1, 0.15) is 5.82 Å². The normalized spacial score (nSPS) is 10.4. The number of aliphatic hydroxyl groups excluding tert-OH is 1. The molecule has 0 saturated heterocycles. The lowest BCUT2D eigenvalue weighted by molar-refractivity contribution is 0.248. The average molecular weight is 292 g/mol. The van der Waals surface area contributed by atoms with Crippen LogP contribution in [0.4, 0.5) is 15.0 Å². The van der Waals surface area contributed by atoms with Crippen LogP contribution in [-0.4, -0.2) is 34.1 Å². The second-order valence-corrected chi connectivity index (χ2v) is 4.52. The maximum atomic E-state index is 13.2. The van der Waals surface area contributed by atoms with Gasteiger partial charge in [0.05, 0.1) is 5.69 Å². The Kier molecular flexibility index (Phi) is 4.89. The molecule has 2 amide bonds. The van der Waals surface area contributed by atoms with Gasteiger partial charge < -0.3 is 10.4 Å². The van der Waals surface area contributed by atoms with Crippen LogP contribution in [0.25, 0.3) is 5.69 Å². The van der Waals surface area contributed by atoms with Crippen molar-refractivity contribution in [2.24, 2.45) is 0 Å². The highest BCUT2D eigenvalue weighted by molar-refractivity contribution is 5.88. The van der Waals surface area contributed by atoms with E-state index >= 15 is 0 Å². The molecule has 0 aliphatic carbocycles. The topological polar surface area (TPSA) is 79.2 Å². The van der Waals surface area contributed by atoms with E-state index in [4.69, 9.17) is 5.11 Å². The van der Waals surface area contributed by atoms with Gasteiger partial charge in [0.25, 0.3) is 0 Å². The number of carbonyl (C=O) groups excluding carboxylic acids is 1. The first-order chi connectivity index (χ1) is 10.1. The molecule has 1 aromatic heterocycles. The van der Waals surface area contributed by atoms with Crippen LogP contribution in [0, 0.1) is 12.7 Å². The van der Waals surface area contributed by atoms with Crippen molar-refractivity contribution in [1.29, 1.82) is 0 Å². The highest BCUT2D eigenvalue weighted by atomic mass is 19.1. The third-order valence-electron chi connectivity index (χ3n) is 2.80. The summed E-state index contributed by atoms with van der Waals surface area (Å²) >= 11 is 0. The Bertz CT molecular complexity index is 627. The molecule has 3 N–H and O–H groups in total. The van der Waals surface area contributed by atoms with Crippen LogP contribution in [0.15, 0.2) is 30.3 Å². The number of benzene rings is 1. The van der Waals surface area contributed by atoms with Crippen molar-refractivity contribution in [3.8, 4) is 5.69 Å². The van der Waals surface area contributed by atoms with Gasteiger partial charge in [-0.3, -0.25) is 5.32 Å². The average Bonchev–Trinajstić information content (AvgIpc) is 2.80. The number of amides is 2. The van der Waals surface area contributed by atoms with E-state index in [2.05, 4.69) is 15.7 Å². The lowest BCUT2D eigenvalue weighted by atomic mass is 10.3. The van der Waals surface area contributed by atoms with Gasteiger partial charge in [-0.25, -0.2) is 13.9 Å². The molecular formula is C14H17FN4O2. The summed E-state index contributed by atoms with van der Waals surface area (Å²) in [5, 5.41) is 18.0. The Balaban J connectivity index is 2.07. The van der Waals surface area contributed by atoms with Crippen molar-refractivity contribution < 1.29 is 14.3 Å². The number of aliphatic hydroxyl groups is 1. The summed E-state index contributed by atoms with van der Waals surface area (Å²) < 4.78 is 14.8. The minimum atomic E-state index is -0.396. The summed E-state index contributed by atoms with van der Waals surface area (Å²) in [5.41, 5.74) is 1.35. The maximum Gasteiger partial charge on any atom is 0.320 e. The van der Waals surface area contributed by atoms with Crippen LogP contribution >= 0.6 is 0 Å². The Morgan fingerprint density at radius 3 is 2.95 bits per heavy atom. The fourth-order valence-electron chi connectivity index (χ4n) is 1.85. The standard InChI is InChI=1S/C14H17FN4O2/c1-10-8-13(17-14(21)16-6-3-7-20)18-19(10)12-5-2-4-11(15)9-12/h2,4-5,8-9,20H,3,6-7H2,1H3,(H2,16,17,18,21). The molecule has 0 saturated carbocycles. The molecule has 1 heterocycles. The van der Waals surface area contributed by atoms with Crippen molar-refractivity contribution in [1.82, 2.24) is 15.1 Å². The van der Waals surface area contributed by atoms with E-state index in [9.17, 15) is 9.18 Å². The third-order valence-corrected chi connectivity index (χ3v) is 2.80. The van der Waals surface area contributed by atoms with Gasteiger partial charge in [-0.1, -0.05) is 6.07 Å². The van der Waals surface area contributed by atoms with E-state index in [1.54, 1.807) is 22.9 Å². The molecule has 1 aromatic carbocycles. The number of carbonyl (C=O) groups is 1. The Morgan fingerprint density at radius 1 is 1.43 bits per heavy atom. The Labute approximate surface area is 121 Å². The Hall–Kier alpha value is -2.41. The smallest absolute Gasteiger partial charge is 0.320 e. The van der Waals surface area contributed by atoms with Gasteiger partial charge >= 0.3 is 6.03 Å². The van der Waals surface area contributed by atoms with Crippen molar-refractivity contribution >= 4 is 11.8 Å². The summed E-state index contributed by atoms with van der Waals surface area (Å²) in [6, 6.07) is 7.35. The fourth-order valence-corrected chi connectivity index (χ4v) is 1.85. The second kappa shape index (κ2) is 6.85. The largest absolute Gasteiger partial charge is 0.396 e. The number of rotatable bonds is 5. The third kappa shape index (κ3) is 4.03. The molecule has 112 valence electrons. The number of hydrogen-bond donors (Lipinski definition) is 3.